The number of fused-ring (bicyclic) bond motifs is 1. The second-order valence-corrected chi connectivity index (χ2v) is 6.47. The van der Waals surface area contributed by atoms with E-state index in [4.69, 9.17) is 4.74 Å². The van der Waals surface area contributed by atoms with Crippen molar-refractivity contribution in [1.82, 2.24) is 0 Å². The van der Waals surface area contributed by atoms with Crippen LogP contribution in [0.5, 0.6) is 5.75 Å². The summed E-state index contributed by atoms with van der Waals surface area (Å²) in [6, 6.07) is 5.81. The van der Waals surface area contributed by atoms with E-state index in [1.165, 1.54) is 0 Å². The number of rotatable bonds is 2. The summed E-state index contributed by atoms with van der Waals surface area (Å²) in [5.74, 6) is 1.36. The van der Waals surface area contributed by atoms with E-state index in [1.807, 2.05) is 18.2 Å². The molecule has 1 aliphatic rings. The molecule has 1 N–H and O–H groups in total. The van der Waals surface area contributed by atoms with Crippen molar-refractivity contribution < 1.29 is 9.84 Å². The molecule has 1 heterocycles. The molecule has 2 atom stereocenters. The normalized spacial score (nSPS) is 27.8. The molecule has 94 valence electrons. The number of hydrogen-bond donors (Lipinski definition) is 1. The van der Waals surface area contributed by atoms with Crippen molar-refractivity contribution in [3.63, 3.8) is 0 Å². The van der Waals surface area contributed by atoms with Crippen LogP contribution in [0.2, 0.25) is 0 Å². The van der Waals surface area contributed by atoms with Gasteiger partial charge in [0.1, 0.15) is 11.4 Å². The van der Waals surface area contributed by atoms with E-state index in [1.54, 1.807) is 0 Å². The fourth-order valence-electron chi connectivity index (χ4n) is 2.69. The molecular weight excluding hydrogens is 280 g/mol. The van der Waals surface area contributed by atoms with Crippen LogP contribution in [0.15, 0.2) is 22.7 Å². The van der Waals surface area contributed by atoms with Gasteiger partial charge in [-0.05, 0) is 31.4 Å². The van der Waals surface area contributed by atoms with Gasteiger partial charge in [0.15, 0.2) is 0 Å². The zero-order valence-corrected chi connectivity index (χ0v) is 12.1. The molecule has 0 bridgehead atoms. The van der Waals surface area contributed by atoms with Crippen molar-refractivity contribution in [3.8, 4) is 5.75 Å². The molecule has 0 radical (unpaired) electrons. The molecule has 0 amide bonds. The van der Waals surface area contributed by atoms with Gasteiger partial charge in [-0.3, -0.25) is 0 Å². The van der Waals surface area contributed by atoms with E-state index in [9.17, 15) is 5.11 Å². The highest BCUT2D eigenvalue weighted by molar-refractivity contribution is 9.10. The summed E-state index contributed by atoms with van der Waals surface area (Å²) < 4.78 is 7.08. The molecule has 1 aliphatic heterocycles. The second kappa shape index (κ2) is 4.62. The SMILES string of the molecule is CC(C)CC1(C)C[C@@H](O)c2ccc(Br)cc2O1. The van der Waals surface area contributed by atoms with Crippen LogP contribution in [-0.4, -0.2) is 10.7 Å². The largest absolute Gasteiger partial charge is 0.487 e. The summed E-state index contributed by atoms with van der Waals surface area (Å²) in [6.07, 6.45) is 1.20. The van der Waals surface area contributed by atoms with Gasteiger partial charge in [0.25, 0.3) is 0 Å². The molecule has 2 nitrogen and oxygen atoms in total. The highest BCUT2D eigenvalue weighted by Gasteiger charge is 2.36. The molecule has 0 saturated carbocycles. The van der Waals surface area contributed by atoms with Gasteiger partial charge >= 0.3 is 0 Å². The van der Waals surface area contributed by atoms with Crippen LogP contribution in [0.25, 0.3) is 0 Å². The van der Waals surface area contributed by atoms with Crippen molar-refractivity contribution in [2.75, 3.05) is 0 Å². The Bertz CT molecular complexity index is 417. The van der Waals surface area contributed by atoms with Crippen LogP contribution in [0.3, 0.4) is 0 Å². The Kier molecular flexibility index (Phi) is 3.50. The predicted molar refractivity (Wildman–Crippen MR) is 72.2 cm³/mol. The van der Waals surface area contributed by atoms with Crippen LogP contribution in [0.4, 0.5) is 0 Å². The maximum atomic E-state index is 10.2. The summed E-state index contributed by atoms with van der Waals surface area (Å²) in [7, 11) is 0. The van der Waals surface area contributed by atoms with E-state index in [-0.39, 0.29) is 5.60 Å². The van der Waals surface area contributed by atoms with Gasteiger partial charge in [0.2, 0.25) is 0 Å². The highest BCUT2D eigenvalue weighted by Crippen LogP contribution is 2.42. The monoisotopic (exact) mass is 298 g/mol. The second-order valence-electron chi connectivity index (χ2n) is 5.55. The summed E-state index contributed by atoms with van der Waals surface area (Å²) >= 11 is 3.44. The Balaban J connectivity index is 2.31. The summed E-state index contributed by atoms with van der Waals surface area (Å²) in [4.78, 5) is 0. The van der Waals surface area contributed by atoms with Gasteiger partial charge in [0.05, 0.1) is 6.10 Å². The van der Waals surface area contributed by atoms with Gasteiger partial charge < -0.3 is 9.84 Å². The minimum Gasteiger partial charge on any atom is -0.487 e. The van der Waals surface area contributed by atoms with E-state index in [0.29, 0.717) is 12.3 Å². The summed E-state index contributed by atoms with van der Waals surface area (Å²) in [6.45, 7) is 6.44. The smallest absolute Gasteiger partial charge is 0.127 e. The number of benzene rings is 1. The number of aliphatic hydroxyl groups excluding tert-OH is 1. The van der Waals surface area contributed by atoms with Gasteiger partial charge in [0, 0.05) is 16.5 Å². The zero-order chi connectivity index (χ0) is 12.6. The number of aliphatic hydroxyl groups is 1. The van der Waals surface area contributed by atoms with Crippen molar-refractivity contribution in [2.45, 2.75) is 45.3 Å². The molecule has 0 aliphatic carbocycles. The Hall–Kier alpha value is -0.540. The van der Waals surface area contributed by atoms with Gasteiger partial charge in [-0.2, -0.15) is 0 Å². The molecule has 1 unspecified atom stereocenters. The first-order valence-corrected chi connectivity index (χ1v) is 6.85. The zero-order valence-electron chi connectivity index (χ0n) is 10.5. The molecule has 1 aromatic rings. The lowest BCUT2D eigenvalue weighted by Gasteiger charge is -2.39. The Morgan fingerprint density at radius 3 is 2.88 bits per heavy atom. The van der Waals surface area contributed by atoms with Crippen LogP contribution in [-0.2, 0) is 0 Å². The molecule has 17 heavy (non-hydrogen) atoms. The Labute approximate surface area is 111 Å². The van der Waals surface area contributed by atoms with Gasteiger partial charge in [-0.25, -0.2) is 0 Å². The van der Waals surface area contributed by atoms with Crippen LogP contribution in [0.1, 0.15) is 45.3 Å². The van der Waals surface area contributed by atoms with E-state index < -0.39 is 6.10 Å². The average Bonchev–Trinajstić information content (AvgIpc) is 2.13. The molecule has 0 spiro atoms. The van der Waals surface area contributed by atoms with Crippen molar-refractivity contribution in [2.24, 2.45) is 5.92 Å². The molecule has 0 fully saturated rings. The van der Waals surface area contributed by atoms with E-state index in [2.05, 4.69) is 36.7 Å². The Morgan fingerprint density at radius 1 is 1.53 bits per heavy atom. The molecule has 3 heteroatoms. The van der Waals surface area contributed by atoms with E-state index in [0.717, 1.165) is 22.2 Å². The summed E-state index contributed by atoms with van der Waals surface area (Å²) in [5, 5.41) is 10.2. The first-order chi connectivity index (χ1) is 7.89. The first-order valence-electron chi connectivity index (χ1n) is 6.06. The molecule has 2 rings (SSSR count). The minimum atomic E-state index is -0.421. The third-order valence-electron chi connectivity index (χ3n) is 3.16. The van der Waals surface area contributed by atoms with Crippen LogP contribution in [0, 0.1) is 5.92 Å². The summed E-state index contributed by atoms with van der Waals surface area (Å²) in [5.41, 5.74) is 0.635. The lowest BCUT2D eigenvalue weighted by molar-refractivity contribution is -0.0144. The third kappa shape index (κ3) is 2.83. The lowest BCUT2D eigenvalue weighted by atomic mass is 9.84. The number of halogens is 1. The van der Waals surface area contributed by atoms with Crippen LogP contribution >= 0.6 is 15.9 Å². The molecular formula is C14H19BrO2. The van der Waals surface area contributed by atoms with Crippen molar-refractivity contribution in [1.29, 1.82) is 0 Å². The topological polar surface area (TPSA) is 29.5 Å². The molecule has 0 aromatic heterocycles. The first kappa shape index (κ1) is 12.9. The number of hydrogen-bond acceptors (Lipinski definition) is 2. The van der Waals surface area contributed by atoms with Gasteiger partial charge in [-0.15, -0.1) is 0 Å². The van der Waals surface area contributed by atoms with Crippen molar-refractivity contribution >= 4 is 15.9 Å². The lowest BCUT2D eigenvalue weighted by Crippen LogP contribution is -2.39. The maximum absolute atomic E-state index is 10.2. The standard InChI is InChI=1S/C14H19BrO2/c1-9(2)7-14(3)8-12(16)11-5-4-10(15)6-13(11)17-14/h4-6,9,12,16H,7-8H2,1-3H3/t12-,14?/m1/s1. The molecule has 1 aromatic carbocycles. The van der Waals surface area contributed by atoms with Crippen LogP contribution < -0.4 is 4.74 Å². The number of ether oxygens (including phenoxy) is 1. The quantitative estimate of drug-likeness (QED) is 0.892. The van der Waals surface area contributed by atoms with Gasteiger partial charge in [-0.1, -0.05) is 35.8 Å². The minimum absolute atomic E-state index is 0.263. The highest BCUT2D eigenvalue weighted by atomic mass is 79.9. The average molecular weight is 299 g/mol. The van der Waals surface area contributed by atoms with Crippen molar-refractivity contribution in [3.05, 3.63) is 28.2 Å². The Morgan fingerprint density at radius 2 is 2.24 bits per heavy atom. The predicted octanol–water partition coefficient (Wildman–Crippen LogP) is 4.07. The third-order valence-corrected chi connectivity index (χ3v) is 3.65. The fourth-order valence-corrected chi connectivity index (χ4v) is 3.03. The molecule has 0 saturated heterocycles. The van der Waals surface area contributed by atoms with E-state index >= 15 is 0 Å². The fraction of sp³-hybridized carbons (Fsp3) is 0.571. The maximum Gasteiger partial charge on any atom is 0.127 e.